The number of para-hydroxylation sites is 1. The highest BCUT2D eigenvalue weighted by Crippen LogP contribution is 2.32. The second-order valence-corrected chi connectivity index (χ2v) is 8.40. The van der Waals surface area contributed by atoms with Crippen LogP contribution in [0.5, 0.6) is 0 Å². The molecule has 0 aliphatic carbocycles. The van der Waals surface area contributed by atoms with E-state index in [9.17, 15) is 18.0 Å². The minimum atomic E-state index is -4.37. The van der Waals surface area contributed by atoms with Crippen molar-refractivity contribution in [2.24, 2.45) is 0 Å². The lowest BCUT2D eigenvalue weighted by atomic mass is 10.1. The van der Waals surface area contributed by atoms with Crippen LogP contribution in [-0.2, 0) is 10.9 Å². The third-order valence-electron chi connectivity index (χ3n) is 5.88. The Morgan fingerprint density at radius 1 is 1.06 bits per heavy atom. The number of methoxy groups -OCH3 is 1. The van der Waals surface area contributed by atoms with Crippen molar-refractivity contribution < 1.29 is 22.7 Å². The summed E-state index contributed by atoms with van der Waals surface area (Å²) in [6, 6.07) is 14.5. The van der Waals surface area contributed by atoms with E-state index in [-0.39, 0.29) is 11.9 Å². The van der Waals surface area contributed by atoms with Gasteiger partial charge in [0.1, 0.15) is 5.82 Å². The number of hydrogen-bond acceptors (Lipinski definition) is 5. The maximum absolute atomic E-state index is 13.1. The van der Waals surface area contributed by atoms with Gasteiger partial charge in [0.15, 0.2) is 0 Å². The van der Waals surface area contributed by atoms with E-state index in [4.69, 9.17) is 9.72 Å². The van der Waals surface area contributed by atoms with Crippen LogP contribution in [0.15, 0.2) is 54.6 Å². The number of alkyl halides is 3. The average Bonchev–Trinajstić information content (AvgIpc) is 2.83. The zero-order chi connectivity index (χ0) is 24.3. The summed E-state index contributed by atoms with van der Waals surface area (Å²) in [7, 11) is 1.58. The molecule has 0 bridgehead atoms. The summed E-state index contributed by atoms with van der Waals surface area (Å²) in [6.45, 7) is 4.51. The van der Waals surface area contributed by atoms with E-state index in [1.807, 2.05) is 36.1 Å². The summed E-state index contributed by atoms with van der Waals surface area (Å²) >= 11 is 0. The number of carbonyl (C=O) groups is 1. The molecule has 4 rings (SSSR count). The third-order valence-corrected chi connectivity index (χ3v) is 5.88. The van der Waals surface area contributed by atoms with Gasteiger partial charge in [0.05, 0.1) is 23.3 Å². The number of halogens is 3. The summed E-state index contributed by atoms with van der Waals surface area (Å²) in [6.07, 6.45) is -4.37. The minimum Gasteiger partial charge on any atom is -0.383 e. The van der Waals surface area contributed by atoms with Crippen LogP contribution in [0.1, 0.15) is 22.8 Å². The van der Waals surface area contributed by atoms with Crippen molar-refractivity contribution in [3.8, 4) is 0 Å². The first kappa shape index (κ1) is 23.8. The second kappa shape index (κ2) is 9.89. The number of piperazine rings is 1. The molecule has 2 heterocycles. The lowest BCUT2D eigenvalue weighted by Gasteiger charge is -2.37. The molecule has 2 aromatic carbocycles. The number of fused-ring (bicyclic) bond motifs is 1. The molecule has 0 unspecified atom stereocenters. The van der Waals surface area contributed by atoms with Crippen LogP contribution in [-0.4, -0.2) is 56.8 Å². The lowest BCUT2D eigenvalue weighted by molar-refractivity contribution is -0.137. The Kier molecular flexibility index (Phi) is 6.92. The van der Waals surface area contributed by atoms with E-state index in [1.165, 1.54) is 12.1 Å². The van der Waals surface area contributed by atoms with E-state index >= 15 is 0 Å². The van der Waals surface area contributed by atoms with Crippen LogP contribution in [0.25, 0.3) is 10.9 Å². The van der Waals surface area contributed by atoms with Gasteiger partial charge in [-0.1, -0.05) is 24.3 Å². The Morgan fingerprint density at radius 2 is 1.76 bits per heavy atom. The smallest absolute Gasteiger partial charge is 0.383 e. The molecular formula is C25H27F3N4O2. The Labute approximate surface area is 196 Å². The molecule has 34 heavy (non-hydrogen) atoms. The highest BCUT2D eigenvalue weighted by molar-refractivity contribution is 6.07. The summed E-state index contributed by atoms with van der Waals surface area (Å²) in [5, 5.41) is 3.72. The number of rotatable bonds is 6. The lowest BCUT2D eigenvalue weighted by Crippen LogP contribution is -2.47. The van der Waals surface area contributed by atoms with Crippen molar-refractivity contribution in [2.75, 3.05) is 49.7 Å². The van der Waals surface area contributed by atoms with Crippen LogP contribution in [0.3, 0.4) is 0 Å². The Bertz CT molecular complexity index is 1160. The van der Waals surface area contributed by atoms with Crippen LogP contribution < -0.4 is 15.1 Å². The molecule has 1 aliphatic rings. The molecule has 0 radical (unpaired) electrons. The summed E-state index contributed by atoms with van der Waals surface area (Å²) in [4.78, 5) is 21.8. The molecule has 1 N–H and O–H groups in total. The Hall–Kier alpha value is -3.33. The van der Waals surface area contributed by atoms with Crippen molar-refractivity contribution in [3.05, 3.63) is 65.7 Å². The number of nitrogens with zero attached hydrogens (tertiary/aromatic N) is 3. The second-order valence-electron chi connectivity index (χ2n) is 8.40. The maximum atomic E-state index is 13.1. The van der Waals surface area contributed by atoms with Crippen LogP contribution in [0.4, 0.5) is 24.7 Å². The standard InChI is InChI=1S/C25H27F3N4O2/c1-17(16-34-2)29-24(33)21-15-23(30-22-9-4-3-8-20(21)22)32-12-10-31(11-13-32)19-7-5-6-18(14-19)25(26,27)28/h3-9,14-15,17H,10-13,16H2,1-2H3,(H,29,33)/t17-/m0/s1. The van der Waals surface area contributed by atoms with Gasteiger partial charge >= 0.3 is 6.18 Å². The molecule has 1 aliphatic heterocycles. The van der Waals surface area contributed by atoms with Gasteiger partial charge < -0.3 is 19.9 Å². The van der Waals surface area contributed by atoms with E-state index in [2.05, 4.69) is 10.2 Å². The molecule has 0 saturated carbocycles. The molecule has 1 fully saturated rings. The van der Waals surface area contributed by atoms with Gasteiger partial charge in [0, 0.05) is 50.4 Å². The predicted octanol–water partition coefficient (Wildman–Crippen LogP) is 4.34. The molecule has 6 nitrogen and oxygen atoms in total. The van der Waals surface area contributed by atoms with Gasteiger partial charge in [0.2, 0.25) is 0 Å². The zero-order valence-corrected chi connectivity index (χ0v) is 19.1. The molecule has 1 saturated heterocycles. The number of anilines is 2. The van der Waals surface area contributed by atoms with Crippen LogP contribution >= 0.6 is 0 Å². The van der Waals surface area contributed by atoms with Gasteiger partial charge in [-0.15, -0.1) is 0 Å². The monoisotopic (exact) mass is 472 g/mol. The zero-order valence-electron chi connectivity index (χ0n) is 19.1. The van der Waals surface area contributed by atoms with Gasteiger partial charge in [0.25, 0.3) is 5.91 Å². The fraction of sp³-hybridized carbons (Fsp3) is 0.360. The van der Waals surface area contributed by atoms with E-state index in [0.29, 0.717) is 55.4 Å². The van der Waals surface area contributed by atoms with Gasteiger partial charge in [-0.2, -0.15) is 13.2 Å². The number of benzene rings is 2. The average molecular weight is 473 g/mol. The number of amides is 1. The number of carbonyl (C=O) groups excluding carboxylic acids is 1. The van der Waals surface area contributed by atoms with E-state index < -0.39 is 11.7 Å². The van der Waals surface area contributed by atoms with E-state index in [1.54, 1.807) is 19.2 Å². The summed E-state index contributed by atoms with van der Waals surface area (Å²) in [5.41, 5.74) is 1.14. The number of ether oxygens (including phenoxy) is 1. The quantitative estimate of drug-likeness (QED) is 0.578. The molecule has 0 spiro atoms. The Morgan fingerprint density at radius 3 is 2.47 bits per heavy atom. The number of nitrogens with one attached hydrogen (secondary N) is 1. The number of aromatic nitrogens is 1. The van der Waals surface area contributed by atoms with E-state index in [0.717, 1.165) is 11.5 Å². The largest absolute Gasteiger partial charge is 0.416 e. The molecule has 3 aromatic rings. The highest BCUT2D eigenvalue weighted by Gasteiger charge is 2.31. The molecule has 1 atom stereocenters. The topological polar surface area (TPSA) is 57.7 Å². The van der Waals surface area contributed by atoms with Crippen molar-refractivity contribution in [2.45, 2.75) is 19.1 Å². The molecule has 1 amide bonds. The molecule has 1 aromatic heterocycles. The number of pyridine rings is 1. The van der Waals surface area contributed by atoms with Crippen molar-refractivity contribution >= 4 is 28.3 Å². The van der Waals surface area contributed by atoms with Crippen molar-refractivity contribution in [1.29, 1.82) is 0 Å². The summed E-state index contributed by atoms with van der Waals surface area (Å²) in [5.74, 6) is 0.471. The fourth-order valence-electron chi connectivity index (χ4n) is 4.18. The maximum Gasteiger partial charge on any atom is 0.416 e. The van der Waals surface area contributed by atoms with Gasteiger partial charge in [-0.3, -0.25) is 4.79 Å². The normalized spacial score (nSPS) is 15.4. The first-order chi connectivity index (χ1) is 16.3. The van der Waals surface area contributed by atoms with Gasteiger partial charge in [-0.25, -0.2) is 4.98 Å². The number of hydrogen-bond donors (Lipinski definition) is 1. The van der Waals surface area contributed by atoms with Crippen molar-refractivity contribution in [1.82, 2.24) is 10.3 Å². The fourth-order valence-corrected chi connectivity index (χ4v) is 4.18. The Balaban J connectivity index is 1.54. The predicted molar refractivity (Wildman–Crippen MR) is 126 cm³/mol. The minimum absolute atomic E-state index is 0.149. The first-order valence-electron chi connectivity index (χ1n) is 11.1. The SMILES string of the molecule is COC[C@H](C)NC(=O)c1cc(N2CCN(c3cccc(C(F)(F)F)c3)CC2)nc2ccccc12. The first-order valence-corrected chi connectivity index (χ1v) is 11.1. The molecule has 180 valence electrons. The third kappa shape index (κ3) is 5.25. The van der Waals surface area contributed by atoms with Crippen LogP contribution in [0, 0.1) is 0 Å². The molecule has 9 heteroatoms. The highest BCUT2D eigenvalue weighted by atomic mass is 19.4. The van der Waals surface area contributed by atoms with Gasteiger partial charge in [-0.05, 0) is 37.3 Å². The van der Waals surface area contributed by atoms with Crippen LogP contribution in [0.2, 0.25) is 0 Å². The molecular weight excluding hydrogens is 445 g/mol. The van der Waals surface area contributed by atoms with Crippen molar-refractivity contribution in [3.63, 3.8) is 0 Å². The summed E-state index contributed by atoms with van der Waals surface area (Å²) < 4.78 is 44.4.